The Morgan fingerprint density at radius 2 is 2.22 bits per heavy atom. The van der Waals surface area contributed by atoms with Gasteiger partial charge in [-0.25, -0.2) is 4.79 Å². The van der Waals surface area contributed by atoms with Gasteiger partial charge in [-0.3, -0.25) is 9.69 Å². The van der Waals surface area contributed by atoms with Crippen LogP contribution < -0.4 is 5.32 Å². The molecule has 104 valence electrons. The molecule has 1 aliphatic rings. The maximum absolute atomic E-state index is 11.6. The van der Waals surface area contributed by atoms with Gasteiger partial charge in [0.1, 0.15) is 6.04 Å². The molecule has 0 spiro atoms. The summed E-state index contributed by atoms with van der Waals surface area (Å²) in [6, 6.07) is -0.240. The van der Waals surface area contributed by atoms with Crippen LogP contribution in [0.15, 0.2) is 0 Å². The molecule has 1 heterocycles. The number of methoxy groups -OCH3 is 1. The van der Waals surface area contributed by atoms with Gasteiger partial charge >= 0.3 is 12.1 Å². The highest BCUT2D eigenvalue weighted by Gasteiger charge is 2.32. The van der Waals surface area contributed by atoms with Crippen molar-refractivity contribution in [2.45, 2.75) is 38.8 Å². The van der Waals surface area contributed by atoms with Crippen LogP contribution in [-0.4, -0.2) is 55.9 Å². The highest BCUT2D eigenvalue weighted by Crippen LogP contribution is 2.18. The van der Waals surface area contributed by atoms with E-state index in [9.17, 15) is 9.59 Å². The first-order valence-corrected chi connectivity index (χ1v) is 6.33. The predicted octanol–water partition coefficient (Wildman–Crippen LogP) is 0.758. The van der Waals surface area contributed by atoms with E-state index in [1.165, 1.54) is 7.11 Å². The first-order valence-electron chi connectivity index (χ1n) is 6.33. The second-order valence-electron chi connectivity index (χ2n) is 4.44. The number of amides is 1. The van der Waals surface area contributed by atoms with Crippen LogP contribution in [0.25, 0.3) is 0 Å². The molecule has 1 saturated heterocycles. The van der Waals surface area contributed by atoms with E-state index in [1.54, 1.807) is 6.92 Å². The average Bonchev–Trinajstić information content (AvgIpc) is 2.76. The summed E-state index contributed by atoms with van der Waals surface area (Å²) < 4.78 is 9.59. The van der Waals surface area contributed by atoms with Gasteiger partial charge in [-0.2, -0.15) is 0 Å². The molecule has 1 aliphatic heterocycles. The number of nitrogens with zero attached hydrogens (tertiary/aromatic N) is 1. The Kier molecular flexibility index (Phi) is 5.91. The lowest BCUT2D eigenvalue weighted by molar-refractivity contribution is -0.145. The summed E-state index contributed by atoms with van der Waals surface area (Å²) in [5.74, 6) is -0.198. The molecule has 0 saturated carbocycles. The Morgan fingerprint density at radius 1 is 1.50 bits per heavy atom. The Morgan fingerprint density at radius 3 is 2.83 bits per heavy atom. The summed E-state index contributed by atoms with van der Waals surface area (Å²) in [4.78, 5) is 24.9. The zero-order valence-electron chi connectivity index (χ0n) is 11.3. The first kappa shape index (κ1) is 14.8. The van der Waals surface area contributed by atoms with Gasteiger partial charge in [0.2, 0.25) is 0 Å². The lowest BCUT2D eigenvalue weighted by Crippen LogP contribution is -2.46. The van der Waals surface area contributed by atoms with E-state index in [1.807, 2.05) is 11.8 Å². The molecule has 0 aromatic carbocycles. The van der Waals surface area contributed by atoms with E-state index in [2.05, 4.69) is 5.32 Å². The number of rotatable bonds is 5. The van der Waals surface area contributed by atoms with Crippen LogP contribution in [0.2, 0.25) is 0 Å². The minimum Gasteiger partial charge on any atom is -0.468 e. The van der Waals surface area contributed by atoms with Gasteiger partial charge in [-0.1, -0.05) is 0 Å². The van der Waals surface area contributed by atoms with Crippen molar-refractivity contribution < 1.29 is 19.1 Å². The Hall–Kier alpha value is -1.30. The summed E-state index contributed by atoms with van der Waals surface area (Å²) in [5, 5.41) is 2.73. The molecule has 1 amide bonds. The number of likely N-dealkylation sites (tertiary alicyclic amines) is 1. The normalized spacial score (nSPS) is 21.4. The minimum absolute atomic E-state index is 0.0608. The van der Waals surface area contributed by atoms with Crippen LogP contribution in [0.3, 0.4) is 0 Å². The number of carbonyl (C=O) groups excluding carboxylic acids is 2. The largest absolute Gasteiger partial charge is 0.468 e. The smallest absolute Gasteiger partial charge is 0.407 e. The molecule has 2 atom stereocenters. The van der Waals surface area contributed by atoms with Gasteiger partial charge in [0.05, 0.1) is 13.7 Å². The predicted molar refractivity (Wildman–Crippen MR) is 66.2 cm³/mol. The number of carbonyl (C=O) groups is 2. The lowest BCUT2D eigenvalue weighted by atomic mass is 10.2. The topological polar surface area (TPSA) is 67.9 Å². The molecule has 0 aromatic heterocycles. The summed E-state index contributed by atoms with van der Waals surface area (Å²) >= 11 is 0. The van der Waals surface area contributed by atoms with E-state index in [-0.39, 0.29) is 18.1 Å². The minimum atomic E-state index is -0.418. The lowest BCUT2D eigenvalue weighted by Gasteiger charge is -2.25. The van der Waals surface area contributed by atoms with Gasteiger partial charge in [0, 0.05) is 12.6 Å². The van der Waals surface area contributed by atoms with Gasteiger partial charge in [-0.15, -0.1) is 0 Å². The van der Waals surface area contributed by atoms with E-state index in [4.69, 9.17) is 9.47 Å². The standard InChI is InChI=1S/C12H22N2O4/c1-4-18-12(16)13-9(2)8-14-7-5-6-10(14)11(15)17-3/h9-10H,4-8H2,1-3H3,(H,13,16)/t9?,10-/m0/s1. The van der Waals surface area contributed by atoms with Crippen molar-refractivity contribution in [1.29, 1.82) is 0 Å². The zero-order chi connectivity index (χ0) is 13.5. The third-order valence-corrected chi connectivity index (χ3v) is 2.98. The molecule has 1 N–H and O–H groups in total. The summed E-state index contributed by atoms with van der Waals surface area (Å²) in [6.45, 7) is 5.49. The fourth-order valence-electron chi connectivity index (χ4n) is 2.22. The summed E-state index contributed by atoms with van der Waals surface area (Å²) in [7, 11) is 1.40. The third kappa shape index (κ3) is 4.18. The van der Waals surface area contributed by atoms with Gasteiger partial charge in [-0.05, 0) is 33.2 Å². The highest BCUT2D eigenvalue weighted by atomic mass is 16.5. The molecule has 0 aromatic rings. The number of nitrogens with one attached hydrogen (secondary N) is 1. The van der Waals surface area contributed by atoms with Crippen molar-refractivity contribution in [3.63, 3.8) is 0 Å². The summed E-state index contributed by atoms with van der Waals surface area (Å²) in [5.41, 5.74) is 0. The zero-order valence-corrected chi connectivity index (χ0v) is 11.3. The van der Waals surface area contributed by atoms with Crippen LogP contribution >= 0.6 is 0 Å². The fraction of sp³-hybridized carbons (Fsp3) is 0.833. The maximum atomic E-state index is 11.6. The van der Waals surface area contributed by atoms with Crippen molar-refractivity contribution in [3.8, 4) is 0 Å². The van der Waals surface area contributed by atoms with Crippen LogP contribution in [0.5, 0.6) is 0 Å². The van der Waals surface area contributed by atoms with Crippen LogP contribution in [-0.2, 0) is 14.3 Å². The molecule has 6 nitrogen and oxygen atoms in total. The van der Waals surface area contributed by atoms with Crippen LogP contribution in [0.4, 0.5) is 4.79 Å². The molecular weight excluding hydrogens is 236 g/mol. The van der Waals surface area contributed by atoms with E-state index in [0.717, 1.165) is 19.4 Å². The van der Waals surface area contributed by atoms with Gasteiger partial charge in [0.15, 0.2) is 0 Å². The number of hydrogen-bond acceptors (Lipinski definition) is 5. The number of alkyl carbamates (subject to hydrolysis) is 1. The maximum Gasteiger partial charge on any atom is 0.407 e. The van der Waals surface area contributed by atoms with E-state index in [0.29, 0.717) is 13.2 Å². The second kappa shape index (κ2) is 7.20. The Bertz CT molecular complexity index is 296. The molecular formula is C12H22N2O4. The Balaban J connectivity index is 2.40. The van der Waals surface area contributed by atoms with Crippen molar-refractivity contribution >= 4 is 12.1 Å². The quantitative estimate of drug-likeness (QED) is 0.737. The van der Waals surface area contributed by atoms with E-state index < -0.39 is 6.09 Å². The SMILES string of the molecule is CCOC(=O)NC(C)CN1CCC[C@H]1C(=O)OC. The first-order chi connectivity index (χ1) is 8.58. The van der Waals surface area contributed by atoms with Crippen molar-refractivity contribution in [2.24, 2.45) is 0 Å². The van der Waals surface area contributed by atoms with Crippen LogP contribution in [0, 0.1) is 0 Å². The monoisotopic (exact) mass is 258 g/mol. The van der Waals surface area contributed by atoms with Crippen LogP contribution in [0.1, 0.15) is 26.7 Å². The summed E-state index contributed by atoms with van der Waals surface area (Å²) in [6.07, 6.45) is 1.38. The second-order valence-corrected chi connectivity index (χ2v) is 4.44. The molecule has 0 radical (unpaired) electrons. The van der Waals surface area contributed by atoms with Crippen molar-refractivity contribution in [2.75, 3.05) is 26.8 Å². The molecule has 1 unspecified atom stereocenters. The number of ether oxygens (including phenoxy) is 2. The highest BCUT2D eigenvalue weighted by molar-refractivity contribution is 5.76. The molecule has 0 bridgehead atoms. The average molecular weight is 258 g/mol. The van der Waals surface area contributed by atoms with Crippen molar-refractivity contribution in [1.82, 2.24) is 10.2 Å². The number of hydrogen-bond donors (Lipinski definition) is 1. The molecule has 6 heteroatoms. The van der Waals surface area contributed by atoms with Crippen molar-refractivity contribution in [3.05, 3.63) is 0 Å². The van der Waals surface area contributed by atoms with Gasteiger partial charge < -0.3 is 14.8 Å². The third-order valence-electron chi connectivity index (χ3n) is 2.98. The molecule has 1 fully saturated rings. The van der Waals surface area contributed by atoms with E-state index >= 15 is 0 Å². The fourth-order valence-corrected chi connectivity index (χ4v) is 2.22. The molecule has 1 rings (SSSR count). The van der Waals surface area contributed by atoms with Gasteiger partial charge in [0.25, 0.3) is 0 Å². The Labute approximate surface area is 108 Å². The molecule has 0 aliphatic carbocycles. The number of esters is 1. The molecule has 18 heavy (non-hydrogen) atoms.